The summed E-state index contributed by atoms with van der Waals surface area (Å²) in [5.41, 5.74) is 1.44. The van der Waals surface area contributed by atoms with Crippen molar-refractivity contribution in [3.05, 3.63) is 21.4 Å². The van der Waals surface area contributed by atoms with Gasteiger partial charge in [-0.1, -0.05) is 6.42 Å². The first kappa shape index (κ1) is 12.2. The summed E-state index contributed by atoms with van der Waals surface area (Å²) < 4.78 is 0. The van der Waals surface area contributed by atoms with Gasteiger partial charge in [0.15, 0.2) is 0 Å². The fraction of sp³-hybridized carbons (Fsp3) is 0.643. The zero-order chi connectivity index (χ0) is 12.4. The normalized spacial score (nSPS) is 20.3. The molecule has 3 rings (SSSR count). The van der Waals surface area contributed by atoms with Crippen LogP contribution in [0, 0.1) is 0 Å². The van der Waals surface area contributed by atoms with Crippen LogP contribution in [0.1, 0.15) is 39.4 Å². The number of fused-ring (bicyclic) bond motifs is 1. The first-order chi connectivity index (χ1) is 8.84. The van der Waals surface area contributed by atoms with E-state index in [0.717, 1.165) is 31.1 Å². The molecule has 1 fully saturated rings. The molecule has 3 nitrogen and oxygen atoms in total. The summed E-state index contributed by atoms with van der Waals surface area (Å²) >= 11 is 1.74. The molecular formula is C14H20N2OS. The highest BCUT2D eigenvalue weighted by molar-refractivity contribution is 7.14. The van der Waals surface area contributed by atoms with Crippen LogP contribution in [0.25, 0.3) is 0 Å². The van der Waals surface area contributed by atoms with Crippen molar-refractivity contribution in [1.29, 1.82) is 0 Å². The summed E-state index contributed by atoms with van der Waals surface area (Å²) in [6.45, 7) is 3.55. The van der Waals surface area contributed by atoms with Crippen LogP contribution in [0.5, 0.6) is 0 Å². The number of nitrogens with zero attached hydrogens (tertiary/aromatic N) is 1. The quantitative estimate of drug-likeness (QED) is 0.788. The van der Waals surface area contributed by atoms with E-state index < -0.39 is 0 Å². The number of hydrogen-bond acceptors (Lipinski definition) is 3. The number of piperazine rings is 1. The number of aryl methyl sites for hydroxylation is 2. The van der Waals surface area contributed by atoms with Crippen molar-refractivity contribution in [2.24, 2.45) is 0 Å². The second-order valence-corrected chi connectivity index (χ2v) is 6.30. The van der Waals surface area contributed by atoms with Crippen LogP contribution in [0.4, 0.5) is 0 Å². The minimum atomic E-state index is 0.245. The fourth-order valence-electron chi connectivity index (χ4n) is 2.80. The van der Waals surface area contributed by atoms with E-state index in [2.05, 4.69) is 11.4 Å². The van der Waals surface area contributed by atoms with Gasteiger partial charge < -0.3 is 10.2 Å². The number of thiophene rings is 1. The van der Waals surface area contributed by atoms with Crippen LogP contribution in [0.3, 0.4) is 0 Å². The lowest BCUT2D eigenvalue weighted by Gasteiger charge is -2.26. The standard InChI is InChI=1S/C14H20N2OS/c17-14(16-8-6-15-7-9-16)13-10-11-4-2-1-3-5-12(11)18-13/h10,15H,1-9H2. The van der Waals surface area contributed by atoms with Gasteiger partial charge in [0.1, 0.15) is 0 Å². The minimum Gasteiger partial charge on any atom is -0.335 e. The third kappa shape index (κ3) is 2.45. The molecule has 1 aromatic heterocycles. The van der Waals surface area contributed by atoms with Crippen LogP contribution in [0.2, 0.25) is 0 Å². The van der Waals surface area contributed by atoms with Gasteiger partial charge in [0, 0.05) is 31.1 Å². The highest BCUT2D eigenvalue weighted by Crippen LogP contribution is 2.29. The van der Waals surface area contributed by atoms with Crippen LogP contribution in [-0.4, -0.2) is 37.0 Å². The van der Waals surface area contributed by atoms with Crippen LogP contribution in [0.15, 0.2) is 6.07 Å². The molecule has 2 heterocycles. The Bertz CT molecular complexity index is 412. The lowest BCUT2D eigenvalue weighted by Crippen LogP contribution is -2.46. The maximum atomic E-state index is 12.4. The molecule has 0 aromatic carbocycles. The third-order valence-electron chi connectivity index (χ3n) is 3.86. The molecule has 0 radical (unpaired) electrons. The Hall–Kier alpha value is -0.870. The number of carbonyl (C=O) groups is 1. The largest absolute Gasteiger partial charge is 0.335 e. The Morgan fingerprint density at radius 1 is 1.17 bits per heavy atom. The maximum absolute atomic E-state index is 12.4. The molecule has 1 aliphatic heterocycles. The van der Waals surface area contributed by atoms with Gasteiger partial charge in [0.25, 0.3) is 5.91 Å². The Kier molecular flexibility index (Phi) is 3.66. The first-order valence-corrected chi connectivity index (χ1v) is 7.78. The molecule has 0 saturated carbocycles. The lowest BCUT2D eigenvalue weighted by molar-refractivity contribution is 0.0740. The molecule has 98 valence electrons. The topological polar surface area (TPSA) is 32.3 Å². The zero-order valence-corrected chi connectivity index (χ0v) is 11.5. The Labute approximate surface area is 112 Å². The molecule has 1 aliphatic carbocycles. The lowest BCUT2D eigenvalue weighted by atomic mass is 10.1. The van der Waals surface area contributed by atoms with Gasteiger partial charge in [-0.2, -0.15) is 0 Å². The van der Waals surface area contributed by atoms with Crippen molar-refractivity contribution in [3.8, 4) is 0 Å². The Morgan fingerprint density at radius 3 is 2.78 bits per heavy atom. The number of rotatable bonds is 1. The zero-order valence-electron chi connectivity index (χ0n) is 10.7. The molecule has 4 heteroatoms. The highest BCUT2D eigenvalue weighted by atomic mass is 32.1. The Balaban J connectivity index is 1.77. The van der Waals surface area contributed by atoms with Crippen molar-refractivity contribution in [2.45, 2.75) is 32.1 Å². The molecule has 1 N–H and O–H groups in total. The second kappa shape index (κ2) is 5.41. The fourth-order valence-corrected chi connectivity index (χ4v) is 4.02. The Morgan fingerprint density at radius 2 is 1.94 bits per heavy atom. The molecule has 0 spiro atoms. The maximum Gasteiger partial charge on any atom is 0.264 e. The third-order valence-corrected chi connectivity index (χ3v) is 5.09. The van der Waals surface area contributed by atoms with Gasteiger partial charge in [-0.15, -0.1) is 11.3 Å². The van der Waals surface area contributed by atoms with Crippen molar-refractivity contribution in [2.75, 3.05) is 26.2 Å². The van der Waals surface area contributed by atoms with Gasteiger partial charge in [-0.3, -0.25) is 4.79 Å². The van der Waals surface area contributed by atoms with E-state index in [4.69, 9.17) is 0 Å². The average molecular weight is 264 g/mol. The van der Waals surface area contributed by atoms with E-state index in [0.29, 0.717) is 0 Å². The van der Waals surface area contributed by atoms with Gasteiger partial charge in [-0.05, 0) is 37.3 Å². The summed E-state index contributed by atoms with van der Waals surface area (Å²) in [5.74, 6) is 0.245. The van der Waals surface area contributed by atoms with E-state index in [1.165, 1.54) is 42.5 Å². The first-order valence-electron chi connectivity index (χ1n) is 6.96. The molecule has 1 saturated heterocycles. The molecule has 0 unspecified atom stereocenters. The molecule has 1 aromatic rings. The number of hydrogen-bond donors (Lipinski definition) is 1. The highest BCUT2D eigenvalue weighted by Gasteiger charge is 2.22. The van der Waals surface area contributed by atoms with Crippen molar-refractivity contribution in [1.82, 2.24) is 10.2 Å². The number of carbonyl (C=O) groups excluding carboxylic acids is 1. The SMILES string of the molecule is O=C(c1cc2c(s1)CCCCC2)N1CCNCC1. The van der Waals surface area contributed by atoms with Gasteiger partial charge in [0.2, 0.25) is 0 Å². The molecular weight excluding hydrogens is 244 g/mol. The molecule has 0 atom stereocenters. The number of nitrogens with one attached hydrogen (secondary N) is 1. The summed E-state index contributed by atoms with van der Waals surface area (Å²) in [5, 5.41) is 3.29. The predicted molar refractivity (Wildman–Crippen MR) is 74.4 cm³/mol. The van der Waals surface area contributed by atoms with Crippen molar-refractivity contribution >= 4 is 17.2 Å². The molecule has 0 bridgehead atoms. The number of amides is 1. The summed E-state index contributed by atoms with van der Waals surface area (Å²) in [6.07, 6.45) is 6.25. The van der Waals surface area contributed by atoms with Gasteiger partial charge in [-0.25, -0.2) is 0 Å². The molecule has 2 aliphatic rings. The van der Waals surface area contributed by atoms with Gasteiger partial charge in [0.05, 0.1) is 4.88 Å². The second-order valence-electron chi connectivity index (χ2n) is 5.16. The van der Waals surface area contributed by atoms with Crippen molar-refractivity contribution in [3.63, 3.8) is 0 Å². The van der Waals surface area contributed by atoms with E-state index in [9.17, 15) is 4.79 Å². The van der Waals surface area contributed by atoms with E-state index >= 15 is 0 Å². The molecule has 18 heavy (non-hydrogen) atoms. The summed E-state index contributed by atoms with van der Waals surface area (Å²) in [4.78, 5) is 16.8. The summed E-state index contributed by atoms with van der Waals surface area (Å²) in [6, 6.07) is 2.16. The minimum absolute atomic E-state index is 0.245. The smallest absolute Gasteiger partial charge is 0.264 e. The van der Waals surface area contributed by atoms with Crippen LogP contribution >= 0.6 is 11.3 Å². The van der Waals surface area contributed by atoms with Crippen molar-refractivity contribution < 1.29 is 4.79 Å². The monoisotopic (exact) mass is 264 g/mol. The predicted octanol–water partition coefficient (Wildman–Crippen LogP) is 2.06. The van der Waals surface area contributed by atoms with Crippen LogP contribution < -0.4 is 5.32 Å². The van der Waals surface area contributed by atoms with E-state index in [1.54, 1.807) is 11.3 Å². The van der Waals surface area contributed by atoms with Gasteiger partial charge >= 0.3 is 0 Å². The van der Waals surface area contributed by atoms with Crippen LogP contribution in [-0.2, 0) is 12.8 Å². The van der Waals surface area contributed by atoms with E-state index in [-0.39, 0.29) is 5.91 Å². The summed E-state index contributed by atoms with van der Waals surface area (Å²) in [7, 11) is 0. The van der Waals surface area contributed by atoms with E-state index in [1.807, 2.05) is 4.90 Å². The molecule has 1 amide bonds. The average Bonchev–Trinajstić information content (AvgIpc) is 2.70.